The molecule has 134 valence electrons. The molecule has 5 heteroatoms. The van der Waals surface area contributed by atoms with Crippen LogP contribution in [-0.4, -0.2) is 34.7 Å². The molecule has 0 spiro atoms. The minimum absolute atomic E-state index is 0.0893. The Hall–Kier alpha value is -2.40. The lowest BCUT2D eigenvalue weighted by Gasteiger charge is -2.16. The lowest BCUT2D eigenvalue weighted by molar-refractivity contribution is 0.0713. The first-order chi connectivity index (χ1) is 11.8. The smallest absolute Gasteiger partial charge is 0.251 e. The summed E-state index contributed by atoms with van der Waals surface area (Å²) in [5.41, 5.74) is 2.16. The number of aliphatic hydroxyl groups is 1. The molecule has 0 saturated carbocycles. The molecule has 2 rings (SSSR count). The van der Waals surface area contributed by atoms with Gasteiger partial charge in [-0.2, -0.15) is 0 Å². The number of benzene rings is 1. The van der Waals surface area contributed by atoms with Crippen LogP contribution in [0.25, 0.3) is 0 Å². The first-order valence-corrected chi connectivity index (χ1v) is 8.60. The van der Waals surface area contributed by atoms with Gasteiger partial charge in [-0.25, -0.2) is 4.98 Å². The van der Waals surface area contributed by atoms with Crippen molar-refractivity contribution in [3.05, 3.63) is 59.3 Å². The van der Waals surface area contributed by atoms with Crippen molar-refractivity contribution in [1.29, 1.82) is 0 Å². The third kappa shape index (κ3) is 6.55. The van der Waals surface area contributed by atoms with Crippen LogP contribution in [0.4, 0.5) is 5.82 Å². The standard InChI is InChI=1S/C20H27N3O2/c1-15-5-4-12-21-18(15)22-13-14-23-19(24)17-8-6-16(7-9-17)10-11-20(2,3)25/h4-9,12,25H,10-11,13-14H2,1-3H3,(H,21,22)(H,23,24). The van der Waals surface area contributed by atoms with Crippen LogP contribution in [0.1, 0.15) is 41.8 Å². The minimum Gasteiger partial charge on any atom is -0.390 e. The number of nitrogens with one attached hydrogen (secondary N) is 2. The van der Waals surface area contributed by atoms with E-state index in [2.05, 4.69) is 15.6 Å². The molecule has 1 aromatic heterocycles. The van der Waals surface area contributed by atoms with E-state index >= 15 is 0 Å². The van der Waals surface area contributed by atoms with Gasteiger partial charge in [0, 0.05) is 24.8 Å². The van der Waals surface area contributed by atoms with Gasteiger partial charge in [0.1, 0.15) is 5.82 Å². The Morgan fingerprint density at radius 1 is 1.16 bits per heavy atom. The summed E-state index contributed by atoms with van der Waals surface area (Å²) in [6, 6.07) is 11.4. The zero-order valence-corrected chi connectivity index (χ0v) is 15.2. The fraction of sp³-hybridized carbons (Fsp3) is 0.400. The molecule has 5 nitrogen and oxygen atoms in total. The highest BCUT2D eigenvalue weighted by molar-refractivity contribution is 5.94. The van der Waals surface area contributed by atoms with E-state index in [0.717, 1.165) is 23.4 Å². The van der Waals surface area contributed by atoms with E-state index in [-0.39, 0.29) is 5.91 Å². The quantitative estimate of drug-likeness (QED) is 0.646. The highest BCUT2D eigenvalue weighted by Crippen LogP contribution is 2.14. The Balaban J connectivity index is 1.76. The molecule has 0 aliphatic heterocycles. The molecule has 2 aromatic rings. The molecule has 0 saturated heterocycles. The summed E-state index contributed by atoms with van der Waals surface area (Å²) in [4.78, 5) is 16.4. The Kier molecular flexibility index (Phi) is 6.53. The van der Waals surface area contributed by atoms with E-state index in [1.165, 1.54) is 0 Å². The first-order valence-electron chi connectivity index (χ1n) is 8.60. The number of amides is 1. The van der Waals surface area contributed by atoms with Gasteiger partial charge in [-0.15, -0.1) is 0 Å². The Labute approximate surface area is 149 Å². The van der Waals surface area contributed by atoms with Gasteiger partial charge in [0.2, 0.25) is 0 Å². The monoisotopic (exact) mass is 341 g/mol. The topological polar surface area (TPSA) is 74.2 Å². The number of hydrogen-bond donors (Lipinski definition) is 3. The van der Waals surface area contributed by atoms with Crippen molar-refractivity contribution < 1.29 is 9.90 Å². The van der Waals surface area contributed by atoms with E-state index in [4.69, 9.17) is 0 Å². The summed E-state index contributed by atoms with van der Waals surface area (Å²) in [6.45, 7) is 6.74. The lowest BCUT2D eigenvalue weighted by atomic mass is 9.98. The minimum atomic E-state index is -0.672. The van der Waals surface area contributed by atoms with E-state index in [1.54, 1.807) is 20.0 Å². The lowest BCUT2D eigenvalue weighted by Crippen LogP contribution is -2.29. The van der Waals surface area contributed by atoms with Gasteiger partial charge in [-0.1, -0.05) is 18.2 Å². The molecule has 0 atom stereocenters. The van der Waals surface area contributed by atoms with Gasteiger partial charge < -0.3 is 15.7 Å². The van der Waals surface area contributed by atoms with E-state index in [1.807, 2.05) is 43.3 Å². The average molecular weight is 341 g/mol. The zero-order chi connectivity index (χ0) is 18.3. The summed E-state index contributed by atoms with van der Waals surface area (Å²) in [6.07, 6.45) is 3.23. The van der Waals surface area contributed by atoms with Crippen LogP contribution in [0.2, 0.25) is 0 Å². The molecule has 0 radical (unpaired) electrons. The molecule has 25 heavy (non-hydrogen) atoms. The van der Waals surface area contributed by atoms with Crippen molar-refractivity contribution in [2.45, 2.75) is 39.2 Å². The van der Waals surface area contributed by atoms with Crippen molar-refractivity contribution in [2.75, 3.05) is 18.4 Å². The number of carbonyl (C=O) groups is 1. The summed E-state index contributed by atoms with van der Waals surface area (Å²) < 4.78 is 0. The Morgan fingerprint density at radius 2 is 1.88 bits per heavy atom. The number of anilines is 1. The fourth-order valence-corrected chi connectivity index (χ4v) is 2.40. The van der Waals surface area contributed by atoms with Crippen LogP contribution in [0, 0.1) is 6.92 Å². The number of pyridine rings is 1. The second-order valence-corrected chi connectivity index (χ2v) is 6.86. The number of aromatic nitrogens is 1. The highest BCUT2D eigenvalue weighted by Gasteiger charge is 2.12. The summed E-state index contributed by atoms with van der Waals surface area (Å²) in [7, 11) is 0. The zero-order valence-electron chi connectivity index (χ0n) is 15.2. The van der Waals surface area contributed by atoms with Crippen LogP contribution in [-0.2, 0) is 6.42 Å². The molecule has 1 heterocycles. The first kappa shape index (κ1) is 18.9. The molecule has 0 unspecified atom stereocenters. The van der Waals surface area contributed by atoms with E-state index < -0.39 is 5.60 Å². The highest BCUT2D eigenvalue weighted by atomic mass is 16.3. The number of aryl methyl sites for hydroxylation is 2. The maximum Gasteiger partial charge on any atom is 0.251 e. The fourth-order valence-electron chi connectivity index (χ4n) is 2.40. The normalized spacial score (nSPS) is 11.2. The van der Waals surface area contributed by atoms with Crippen molar-refractivity contribution >= 4 is 11.7 Å². The van der Waals surface area contributed by atoms with Crippen LogP contribution in [0.3, 0.4) is 0 Å². The molecular formula is C20H27N3O2. The molecule has 3 N–H and O–H groups in total. The van der Waals surface area contributed by atoms with Crippen molar-refractivity contribution in [2.24, 2.45) is 0 Å². The molecule has 1 amide bonds. The SMILES string of the molecule is Cc1cccnc1NCCNC(=O)c1ccc(CCC(C)(C)O)cc1. The second kappa shape index (κ2) is 8.62. The molecule has 1 aromatic carbocycles. The van der Waals surface area contributed by atoms with Gasteiger partial charge in [0.25, 0.3) is 5.91 Å². The number of hydrogen-bond acceptors (Lipinski definition) is 4. The number of rotatable bonds is 8. The van der Waals surface area contributed by atoms with Crippen LogP contribution in [0.5, 0.6) is 0 Å². The van der Waals surface area contributed by atoms with Gasteiger partial charge in [0.15, 0.2) is 0 Å². The third-order valence-corrected chi connectivity index (χ3v) is 3.95. The second-order valence-electron chi connectivity index (χ2n) is 6.86. The largest absolute Gasteiger partial charge is 0.390 e. The molecule has 0 aliphatic carbocycles. The van der Waals surface area contributed by atoms with Gasteiger partial charge in [-0.3, -0.25) is 4.79 Å². The van der Waals surface area contributed by atoms with Gasteiger partial charge in [-0.05, 0) is 62.9 Å². The summed E-state index contributed by atoms with van der Waals surface area (Å²) in [5, 5.41) is 15.9. The summed E-state index contributed by atoms with van der Waals surface area (Å²) >= 11 is 0. The Bertz CT molecular complexity index is 691. The maximum atomic E-state index is 12.2. The van der Waals surface area contributed by atoms with Crippen LogP contribution in [0.15, 0.2) is 42.6 Å². The number of carbonyl (C=O) groups excluding carboxylic acids is 1. The van der Waals surface area contributed by atoms with Gasteiger partial charge >= 0.3 is 0 Å². The van der Waals surface area contributed by atoms with Crippen LogP contribution >= 0.6 is 0 Å². The third-order valence-electron chi connectivity index (χ3n) is 3.95. The maximum absolute atomic E-state index is 12.2. The number of nitrogens with zero attached hydrogens (tertiary/aromatic N) is 1. The van der Waals surface area contributed by atoms with Crippen molar-refractivity contribution in [3.8, 4) is 0 Å². The molecular weight excluding hydrogens is 314 g/mol. The van der Waals surface area contributed by atoms with Crippen LogP contribution < -0.4 is 10.6 Å². The van der Waals surface area contributed by atoms with Gasteiger partial charge in [0.05, 0.1) is 5.60 Å². The molecule has 0 aliphatic rings. The Morgan fingerprint density at radius 3 is 2.52 bits per heavy atom. The molecule has 0 fully saturated rings. The summed E-state index contributed by atoms with van der Waals surface area (Å²) in [5.74, 6) is 0.751. The average Bonchev–Trinajstić information content (AvgIpc) is 2.58. The van der Waals surface area contributed by atoms with E-state index in [9.17, 15) is 9.90 Å². The molecule has 0 bridgehead atoms. The predicted molar refractivity (Wildman–Crippen MR) is 101 cm³/mol. The van der Waals surface area contributed by atoms with Crippen molar-refractivity contribution in [1.82, 2.24) is 10.3 Å². The van der Waals surface area contributed by atoms with Crippen molar-refractivity contribution in [3.63, 3.8) is 0 Å². The predicted octanol–water partition coefficient (Wildman–Crippen LogP) is 2.94. The van der Waals surface area contributed by atoms with E-state index in [0.29, 0.717) is 25.1 Å².